The standard InChI is InChI=1S/C19H20ClF3N2O4/c1-5-6-11-7-12(8-13(16(11)20)17(27)29-10(2)3)25-15(26)9-14(19(21,22)23)24(4)18(25)28/h7-10H,5-6H2,1-4H3. The minimum atomic E-state index is -4.87. The molecule has 0 unspecified atom stereocenters. The van der Waals surface area contributed by atoms with Gasteiger partial charge in [0.2, 0.25) is 0 Å². The number of nitrogens with zero attached hydrogens (tertiary/aromatic N) is 2. The smallest absolute Gasteiger partial charge is 0.431 e. The number of carbonyl (C=O) groups excluding carboxylic acids is 1. The molecule has 29 heavy (non-hydrogen) atoms. The summed E-state index contributed by atoms with van der Waals surface area (Å²) in [5, 5.41) is 0.109. The van der Waals surface area contributed by atoms with Crippen molar-refractivity contribution >= 4 is 17.6 Å². The lowest BCUT2D eigenvalue weighted by atomic mass is 10.0. The Kier molecular flexibility index (Phi) is 6.62. The molecule has 1 aromatic carbocycles. The van der Waals surface area contributed by atoms with Gasteiger partial charge in [-0.25, -0.2) is 14.2 Å². The summed E-state index contributed by atoms with van der Waals surface area (Å²) in [4.78, 5) is 37.3. The highest BCUT2D eigenvalue weighted by Gasteiger charge is 2.35. The molecule has 1 heterocycles. The Morgan fingerprint density at radius 3 is 2.34 bits per heavy atom. The molecular formula is C19H20ClF3N2O4. The first-order valence-corrected chi connectivity index (χ1v) is 9.20. The fourth-order valence-corrected chi connectivity index (χ4v) is 3.09. The largest absolute Gasteiger partial charge is 0.459 e. The Morgan fingerprint density at radius 1 is 1.21 bits per heavy atom. The first-order valence-electron chi connectivity index (χ1n) is 8.82. The second-order valence-electron chi connectivity index (χ2n) is 6.71. The lowest BCUT2D eigenvalue weighted by Gasteiger charge is -2.17. The fourth-order valence-electron chi connectivity index (χ4n) is 2.81. The number of aromatic nitrogens is 2. The van der Waals surface area contributed by atoms with Crippen LogP contribution in [0.15, 0.2) is 27.8 Å². The fraction of sp³-hybridized carbons (Fsp3) is 0.421. The van der Waals surface area contributed by atoms with Gasteiger partial charge in [0.1, 0.15) is 5.69 Å². The first-order chi connectivity index (χ1) is 13.4. The quantitative estimate of drug-likeness (QED) is 0.675. The zero-order chi connectivity index (χ0) is 22.1. The van der Waals surface area contributed by atoms with Gasteiger partial charge >= 0.3 is 17.8 Å². The zero-order valence-corrected chi connectivity index (χ0v) is 17.0. The van der Waals surface area contributed by atoms with E-state index in [9.17, 15) is 27.6 Å². The van der Waals surface area contributed by atoms with Gasteiger partial charge in [-0.05, 0) is 38.0 Å². The first kappa shape index (κ1) is 22.7. The van der Waals surface area contributed by atoms with E-state index in [1.54, 1.807) is 13.8 Å². The average Bonchev–Trinajstić information content (AvgIpc) is 2.59. The highest BCUT2D eigenvalue weighted by Crippen LogP contribution is 2.28. The van der Waals surface area contributed by atoms with Crippen LogP contribution in [0.1, 0.15) is 48.8 Å². The van der Waals surface area contributed by atoms with E-state index in [1.165, 1.54) is 12.1 Å². The number of benzene rings is 1. The van der Waals surface area contributed by atoms with Gasteiger partial charge in [-0.15, -0.1) is 0 Å². The van der Waals surface area contributed by atoms with Crippen LogP contribution in [0.3, 0.4) is 0 Å². The van der Waals surface area contributed by atoms with Crippen LogP contribution in [-0.2, 0) is 24.4 Å². The summed E-state index contributed by atoms with van der Waals surface area (Å²) in [6.07, 6.45) is -4.25. The van der Waals surface area contributed by atoms with E-state index < -0.39 is 35.2 Å². The number of halogens is 4. The Bertz CT molecular complexity index is 1060. The van der Waals surface area contributed by atoms with Gasteiger partial charge in [0, 0.05) is 13.1 Å². The molecular weight excluding hydrogens is 413 g/mol. The summed E-state index contributed by atoms with van der Waals surface area (Å²) >= 11 is 6.30. The Morgan fingerprint density at radius 2 is 1.83 bits per heavy atom. The van der Waals surface area contributed by atoms with Crippen molar-refractivity contribution in [1.29, 1.82) is 0 Å². The van der Waals surface area contributed by atoms with Crippen LogP contribution >= 0.6 is 11.6 Å². The zero-order valence-electron chi connectivity index (χ0n) is 16.3. The summed E-state index contributed by atoms with van der Waals surface area (Å²) < 4.78 is 45.2. The van der Waals surface area contributed by atoms with Crippen molar-refractivity contribution in [3.63, 3.8) is 0 Å². The van der Waals surface area contributed by atoms with Gasteiger partial charge in [-0.1, -0.05) is 24.9 Å². The molecule has 0 atom stereocenters. The Labute approximate surface area is 169 Å². The van der Waals surface area contributed by atoms with Crippen molar-refractivity contribution in [1.82, 2.24) is 9.13 Å². The molecule has 1 aromatic heterocycles. The van der Waals surface area contributed by atoms with Crippen molar-refractivity contribution in [2.75, 3.05) is 0 Å². The lowest BCUT2D eigenvalue weighted by molar-refractivity contribution is -0.144. The number of hydrogen-bond donors (Lipinski definition) is 0. The van der Waals surface area contributed by atoms with Crippen molar-refractivity contribution in [2.24, 2.45) is 7.05 Å². The summed E-state index contributed by atoms with van der Waals surface area (Å²) in [7, 11) is 0.915. The third-order valence-electron chi connectivity index (χ3n) is 4.08. The van der Waals surface area contributed by atoms with Crippen molar-refractivity contribution in [3.8, 4) is 5.69 Å². The van der Waals surface area contributed by atoms with Crippen molar-refractivity contribution in [3.05, 3.63) is 60.9 Å². The molecule has 0 aliphatic rings. The van der Waals surface area contributed by atoms with Crippen LogP contribution in [0, 0.1) is 0 Å². The monoisotopic (exact) mass is 432 g/mol. The predicted molar refractivity (Wildman–Crippen MR) is 102 cm³/mol. The van der Waals surface area contributed by atoms with Gasteiger partial charge < -0.3 is 4.74 Å². The minimum Gasteiger partial charge on any atom is -0.459 e. The average molecular weight is 433 g/mol. The molecule has 0 radical (unpaired) electrons. The number of alkyl halides is 3. The van der Waals surface area contributed by atoms with E-state index in [0.717, 1.165) is 7.05 Å². The molecule has 0 N–H and O–H groups in total. The van der Waals surface area contributed by atoms with E-state index >= 15 is 0 Å². The maximum Gasteiger partial charge on any atom is 0.431 e. The summed E-state index contributed by atoms with van der Waals surface area (Å²) in [6, 6.07) is 2.91. The highest BCUT2D eigenvalue weighted by molar-refractivity contribution is 6.34. The molecule has 0 aliphatic heterocycles. The van der Waals surface area contributed by atoms with Crippen molar-refractivity contribution in [2.45, 2.75) is 45.9 Å². The molecule has 0 saturated carbocycles. The number of ether oxygens (including phenoxy) is 1. The van der Waals surface area contributed by atoms with E-state index in [0.29, 0.717) is 33.6 Å². The third-order valence-corrected chi connectivity index (χ3v) is 4.53. The number of aryl methyl sites for hydroxylation is 1. The molecule has 6 nitrogen and oxygen atoms in total. The highest BCUT2D eigenvalue weighted by atomic mass is 35.5. The molecule has 10 heteroatoms. The van der Waals surface area contributed by atoms with Crippen LogP contribution < -0.4 is 11.2 Å². The van der Waals surface area contributed by atoms with Gasteiger partial charge in [-0.3, -0.25) is 9.36 Å². The summed E-state index contributed by atoms with van der Waals surface area (Å²) in [5.74, 6) is -0.763. The lowest BCUT2D eigenvalue weighted by Crippen LogP contribution is -2.40. The van der Waals surface area contributed by atoms with Crippen LogP contribution in [0.5, 0.6) is 0 Å². The number of rotatable bonds is 5. The third kappa shape index (κ3) is 4.72. The molecule has 0 aliphatic carbocycles. The molecule has 0 amide bonds. The van der Waals surface area contributed by atoms with Crippen molar-refractivity contribution < 1.29 is 22.7 Å². The topological polar surface area (TPSA) is 70.3 Å². The molecule has 0 fully saturated rings. The van der Waals surface area contributed by atoms with E-state index in [4.69, 9.17) is 16.3 Å². The number of esters is 1. The molecule has 2 aromatic rings. The predicted octanol–water partition coefficient (Wildman–Crippen LogP) is 3.73. The normalized spacial score (nSPS) is 11.8. The van der Waals surface area contributed by atoms with E-state index in [2.05, 4.69) is 0 Å². The van der Waals surface area contributed by atoms with Gasteiger partial charge in [-0.2, -0.15) is 13.2 Å². The number of carbonyl (C=O) groups is 1. The SMILES string of the molecule is CCCc1cc(-n2c(=O)cc(C(F)(F)F)n(C)c2=O)cc(C(=O)OC(C)C)c1Cl. The van der Waals surface area contributed by atoms with Crippen LogP contribution in [0.25, 0.3) is 5.69 Å². The van der Waals surface area contributed by atoms with Crippen LogP contribution in [0.4, 0.5) is 13.2 Å². The minimum absolute atomic E-state index is 0.0621. The van der Waals surface area contributed by atoms with Gasteiger partial charge in [0.25, 0.3) is 5.56 Å². The summed E-state index contributed by atoms with van der Waals surface area (Å²) in [6.45, 7) is 5.13. The Balaban J connectivity index is 2.80. The second-order valence-corrected chi connectivity index (χ2v) is 7.09. The van der Waals surface area contributed by atoms with Gasteiger partial charge in [0.15, 0.2) is 0 Å². The van der Waals surface area contributed by atoms with Crippen LogP contribution in [0.2, 0.25) is 5.02 Å². The number of hydrogen-bond acceptors (Lipinski definition) is 4. The Hall–Kier alpha value is -2.55. The molecule has 2 rings (SSSR count). The summed E-state index contributed by atoms with van der Waals surface area (Å²) in [5.41, 5.74) is -3.41. The molecule has 158 valence electrons. The maximum atomic E-state index is 13.1. The van der Waals surface area contributed by atoms with Crippen LogP contribution in [-0.4, -0.2) is 21.2 Å². The molecule has 0 spiro atoms. The van der Waals surface area contributed by atoms with Gasteiger partial charge in [0.05, 0.1) is 22.4 Å². The molecule has 0 saturated heterocycles. The molecule has 0 bridgehead atoms. The van der Waals surface area contributed by atoms with E-state index in [-0.39, 0.29) is 16.3 Å². The second kappa shape index (κ2) is 8.44. The maximum absolute atomic E-state index is 13.1. The van der Waals surface area contributed by atoms with E-state index in [1.807, 2.05) is 6.92 Å².